The predicted molar refractivity (Wildman–Crippen MR) is 128 cm³/mol. The molecule has 32 heavy (non-hydrogen) atoms. The van der Waals surface area contributed by atoms with E-state index in [1.807, 2.05) is 50.2 Å². The molecule has 1 saturated heterocycles. The molecule has 0 radical (unpaired) electrons. The number of aryl methyl sites for hydroxylation is 1. The van der Waals surface area contributed by atoms with E-state index in [0.717, 1.165) is 39.3 Å². The average molecular weight is 466 g/mol. The maximum atomic E-state index is 12.8. The van der Waals surface area contributed by atoms with Gasteiger partial charge in [-0.2, -0.15) is 0 Å². The fraction of sp³-hybridized carbons (Fsp3) is 0.125. The van der Waals surface area contributed by atoms with Crippen LogP contribution in [0.15, 0.2) is 65.6 Å². The molecule has 0 unspecified atom stereocenters. The van der Waals surface area contributed by atoms with Crippen molar-refractivity contribution in [3.8, 4) is 5.69 Å². The first kappa shape index (κ1) is 21.9. The van der Waals surface area contributed by atoms with Crippen molar-refractivity contribution in [2.24, 2.45) is 0 Å². The molecule has 1 aromatic heterocycles. The summed E-state index contributed by atoms with van der Waals surface area (Å²) in [5.74, 6) is -0.936. The molecule has 1 aliphatic rings. The minimum Gasteiger partial charge on any atom is -0.325 e. The Morgan fingerprint density at radius 1 is 1.06 bits per heavy atom. The number of hydrogen-bond donors (Lipinski definition) is 1. The maximum absolute atomic E-state index is 12.8. The van der Waals surface area contributed by atoms with E-state index in [1.54, 1.807) is 30.3 Å². The molecular formula is C24H20ClN3O3S. The van der Waals surface area contributed by atoms with Crippen LogP contribution in [0.3, 0.4) is 0 Å². The highest BCUT2D eigenvalue weighted by atomic mass is 35.5. The van der Waals surface area contributed by atoms with Gasteiger partial charge >= 0.3 is 0 Å². The number of carbonyl (C=O) groups excluding carboxylic acids is 3. The molecule has 0 atom stereocenters. The number of nitrogens with zero attached hydrogens (tertiary/aromatic N) is 2. The molecule has 2 heterocycles. The first-order chi connectivity index (χ1) is 15.3. The zero-order chi connectivity index (χ0) is 22.8. The highest BCUT2D eigenvalue weighted by Gasteiger charge is 2.36. The molecule has 2 aromatic carbocycles. The highest BCUT2D eigenvalue weighted by Crippen LogP contribution is 2.33. The smallest absolute Gasteiger partial charge is 0.294 e. The number of benzene rings is 2. The average Bonchev–Trinajstić information content (AvgIpc) is 3.19. The van der Waals surface area contributed by atoms with Crippen molar-refractivity contribution >= 4 is 52.2 Å². The van der Waals surface area contributed by atoms with Crippen molar-refractivity contribution in [1.82, 2.24) is 9.47 Å². The lowest BCUT2D eigenvalue weighted by Crippen LogP contribution is -2.36. The standard InChI is InChI=1S/C24H20ClN3O3S/c1-15-12-17(16(2)28(15)20-6-4-3-5-7-20)13-21-23(30)27(24(31)32-21)14-22(29)26-19-10-8-18(25)9-11-19/h3-13H,14H2,1-2H3,(H,26,29)/b21-13+. The van der Waals surface area contributed by atoms with Gasteiger partial charge in [-0.05, 0) is 79.7 Å². The van der Waals surface area contributed by atoms with Crippen LogP contribution >= 0.6 is 23.4 Å². The van der Waals surface area contributed by atoms with Gasteiger partial charge in [0.15, 0.2) is 0 Å². The molecule has 3 amide bonds. The summed E-state index contributed by atoms with van der Waals surface area (Å²) in [6, 6.07) is 18.5. The zero-order valence-corrected chi connectivity index (χ0v) is 19.0. The number of halogens is 1. The molecule has 1 aliphatic heterocycles. The van der Waals surface area contributed by atoms with E-state index in [-0.39, 0.29) is 6.54 Å². The van der Waals surface area contributed by atoms with Gasteiger partial charge < -0.3 is 9.88 Å². The summed E-state index contributed by atoms with van der Waals surface area (Å²) in [5.41, 5.74) is 4.38. The lowest BCUT2D eigenvalue weighted by molar-refractivity contribution is -0.127. The fourth-order valence-corrected chi connectivity index (χ4v) is 4.52. The molecule has 4 rings (SSSR count). The van der Waals surface area contributed by atoms with Crippen LogP contribution in [0, 0.1) is 13.8 Å². The SMILES string of the molecule is Cc1cc(/C=C2/SC(=O)N(CC(=O)Nc3ccc(Cl)cc3)C2=O)c(C)n1-c1ccccc1. The summed E-state index contributed by atoms with van der Waals surface area (Å²) < 4.78 is 2.09. The van der Waals surface area contributed by atoms with E-state index >= 15 is 0 Å². The first-order valence-corrected chi connectivity index (χ1v) is 11.1. The van der Waals surface area contributed by atoms with Crippen molar-refractivity contribution in [2.75, 3.05) is 11.9 Å². The minimum atomic E-state index is -0.476. The Labute approximate surface area is 194 Å². The number of anilines is 1. The van der Waals surface area contributed by atoms with Crippen molar-refractivity contribution in [2.45, 2.75) is 13.8 Å². The Bertz CT molecular complexity index is 1230. The number of amides is 3. The van der Waals surface area contributed by atoms with E-state index in [0.29, 0.717) is 15.6 Å². The number of para-hydroxylation sites is 1. The van der Waals surface area contributed by atoms with E-state index in [2.05, 4.69) is 9.88 Å². The number of carbonyl (C=O) groups is 3. The third kappa shape index (κ3) is 4.49. The second-order valence-electron chi connectivity index (χ2n) is 7.32. The molecule has 8 heteroatoms. The molecule has 162 valence electrons. The number of hydrogen-bond acceptors (Lipinski definition) is 4. The van der Waals surface area contributed by atoms with Crippen LogP contribution in [0.5, 0.6) is 0 Å². The molecule has 0 aliphatic carbocycles. The monoisotopic (exact) mass is 465 g/mol. The molecule has 0 saturated carbocycles. The number of aromatic nitrogens is 1. The maximum Gasteiger partial charge on any atom is 0.294 e. The minimum absolute atomic E-state index is 0.294. The van der Waals surface area contributed by atoms with Crippen LogP contribution in [0.2, 0.25) is 5.02 Å². The highest BCUT2D eigenvalue weighted by molar-refractivity contribution is 8.18. The molecule has 1 N–H and O–H groups in total. The van der Waals surface area contributed by atoms with E-state index in [9.17, 15) is 14.4 Å². The van der Waals surface area contributed by atoms with E-state index < -0.39 is 17.1 Å². The first-order valence-electron chi connectivity index (χ1n) is 9.88. The van der Waals surface area contributed by atoms with Gasteiger partial charge in [0.1, 0.15) is 6.54 Å². The van der Waals surface area contributed by atoms with Crippen molar-refractivity contribution in [3.63, 3.8) is 0 Å². The second-order valence-corrected chi connectivity index (χ2v) is 8.75. The number of rotatable bonds is 5. The molecule has 6 nitrogen and oxygen atoms in total. The zero-order valence-electron chi connectivity index (χ0n) is 17.5. The lowest BCUT2D eigenvalue weighted by Gasteiger charge is -2.12. The summed E-state index contributed by atoms with van der Waals surface area (Å²) in [6.07, 6.45) is 1.71. The largest absolute Gasteiger partial charge is 0.325 e. The summed E-state index contributed by atoms with van der Waals surface area (Å²) in [7, 11) is 0. The third-order valence-electron chi connectivity index (χ3n) is 5.07. The lowest BCUT2D eigenvalue weighted by atomic mass is 10.2. The summed E-state index contributed by atoms with van der Waals surface area (Å²) in [5, 5.41) is 2.74. The number of thioether (sulfide) groups is 1. The van der Waals surface area contributed by atoms with Crippen molar-refractivity contribution < 1.29 is 14.4 Å². The van der Waals surface area contributed by atoms with Gasteiger partial charge in [0.25, 0.3) is 11.1 Å². The molecular weight excluding hydrogens is 446 g/mol. The van der Waals surface area contributed by atoms with Gasteiger partial charge in [0.05, 0.1) is 4.91 Å². The van der Waals surface area contributed by atoms with Crippen LogP contribution in [-0.4, -0.2) is 33.1 Å². The summed E-state index contributed by atoms with van der Waals surface area (Å²) >= 11 is 6.68. The van der Waals surface area contributed by atoms with Gasteiger partial charge in [-0.25, -0.2) is 0 Å². The number of nitrogens with one attached hydrogen (secondary N) is 1. The number of imide groups is 1. The van der Waals surface area contributed by atoms with Gasteiger partial charge in [-0.3, -0.25) is 19.3 Å². The predicted octanol–water partition coefficient (Wildman–Crippen LogP) is 5.42. The Hall–Kier alpha value is -3.29. The normalized spacial score (nSPS) is 15.0. The summed E-state index contributed by atoms with van der Waals surface area (Å²) in [6.45, 7) is 3.60. The Morgan fingerprint density at radius 3 is 2.44 bits per heavy atom. The Balaban J connectivity index is 1.51. The third-order valence-corrected chi connectivity index (χ3v) is 6.23. The Kier molecular flexibility index (Phi) is 6.21. The van der Waals surface area contributed by atoms with E-state index in [4.69, 9.17) is 11.6 Å². The van der Waals surface area contributed by atoms with Gasteiger partial charge in [-0.1, -0.05) is 29.8 Å². The molecule has 0 bridgehead atoms. The topological polar surface area (TPSA) is 71.4 Å². The van der Waals surface area contributed by atoms with Crippen molar-refractivity contribution in [1.29, 1.82) is 0 Å². The Morgan fingerprint density at radius 2 is 1.75 bits per heavy atom. The van der Waals surface area contributed by atoms with Gasteiger partial charge in [0.2, 0.25) is 5.91 Å². The van der Waals surface area contributed by atoms with Crippen LogP contribution in [0.25, 0.3) is 11.8 Å². The molecule has 1 fully saturated rings. The fourth-order valence-electron chi connectivity index (χ4n) is 3.56. The van der Waals surface area contributed by atoms with Crippen LogP contribution < -0.4 is 5.32 Å². The second kappa shape index (κ2) is 9.06. The van der Waals surface area contributed by atoms with E-state index in [1.165, 1.54) is 0 Å². The van der Waals surface area contributed by atoms with Gasteiger partial charge in [-0.15, -0.1) is 0 Å². The molecule has 0 spiro atoms. The molecule has 3 aromatic rings. The van der Waals surface area contributed by atoms with Crippen LogP contribution in [0.1, 0.15) is 17.0 Å². The summed E-state index contributed by atoms with van der Waals surface area (Å²) in [4.78, 5) is 38.9. The quantitative estimate of drug-likeness (QED) is 0.510. The van der Waals surface area contributed by atoms with Crippen LogP contribution in [-0.2, 0) is 9.59 Å². The van der Waals surface area contributed by atoms with Crippen molar-refractivity contribution in [3.05, 3.63) is 87.5 Å². The van der Waals surface area contributed by atoms with Gasteiger partial charge in [0, 0.05) is 27.8 Å². The van der Waals surface area contributed by atoms with Crippen LogP contribution in [0.4, 0.5) is 10.5 Å².